The van der Waals surface area contributed by atoms with Gasteiger partial charge in [0, 0.05) is 10.4 Å². The number of rotatable bonds is 5. The van der Waals surface area contributed by atoms with Crippen LogP contribution >= 0.6 is 11.6 Å². The lowest BCUT2D eigenvalue weighted by Crippen LogP contribution is -2.43. The first-order valence-corrected chi connectivity index (χ1v) is 9.84. The van der Waals surface area contributed by atoms with E-state index in [0.717, 1.165) is 15.9 Å². The Hall–Kier alpha value is -3.32. The van der Waals surface area contributed by atoms with E-state index in [0.29, 0.717) is 16.3 Å². The summed E-state index contributed by atoms with van der Waals surface area (Å²) in [6.07, 6.45) is 0. The van der Waals surface area contributed by atoms with E-state index in [2.05, 4.69) is 10.6 Å². The lowest BCUT2D eigenvalue weighted by Gasteiger charge is -2.22. The molecule has 0 radical (unpaired) electrons. The summed E-state index contributed by atoms with van der Waals surface area (Å²) in [6, 6.07) is 15.0. The van der Waals surface area contributed by atoms with Gasteiger partial charge in [-0.3, -0.25) is 14.5 Å². The molecule has 1 aliphatic rings. The molecule has 3 aromatic rings. The molecule has 0 spiro atoms. The smallest absolute Gasteiger partial charge is 0.325 e. The maximum absolute atomic E-state index is 12.9. The van der Waals surface area contributed by atoms with Gasteiger partial charge in [0.05, 0.1) is 6.04 Å². The van der Waals surface area contributed by atoms with Crippen molar-refractivity contribution in [1.82, 2.24) is 15.5 Å². The number of urea groups is 1. The average Bonchev–Trinajstić information content (AvgIpc) is 3.24. The number of fused-ring (bicyclic) bond motifs is 1. The molecule has 8 heteroatoms. The van der Waals surface area contributed by atoms with Crippen molar-refractivity contribution in [3.05, 3.63) is 70.9 Å². The van der Waals surface area contributed by atoms with Gasteiger partial charge in [0.1, 0.15) is 23.4 Å². The molecule has 4 amide bonds. The lowest BCUT2D eigenvalue weighted by atomic mass is 9.92. The predicted octanol–water partition coefficient (Wildman–Crippen LogP) is 3.73. The zero-order chi connectivity index (χ0) is 21.5. The molecule has 0 aliphatic carbocycles. The van der Waals surface area contributed by atoms with Gasteiger partial charge < -0.3 is 15.1 Å². The second-order valence-corrected chi connectivity index (χ2v) is 7.87. The van der Waals surface area contributed by atoms with Gasteiger partial charge in [-0.2, -0.15) is 0 Å². The fourth-order valence-electron chi connectivity index (χ4n) is 3.54. The van der Waals surface area contributed by atoms with Gasteiger partial charge in [-0.05, 0) is 43.7 Å². The molecule has 0 bridgehead atoms. The number of amides is 4. The van der Waals surface area contributed by atoms with E-state index in [1.165, 1.54) is 0 Å². The van der Waals surface area contributed by atoms with E-state index in [1.54, 1.807) is 38.1 Å². The van der Waals surface area contributed by atoms with Gasteiger partial charge in [0.2, 0.25) is 5.91 Å². The Bertz CT molecular complexity index is 1110. The molecule has 2 unspecified atom stereocenters. The number of hydrogen-bond acceptors (Lipinski definition) is 4. The van der Waals surface area contributed by atoms with Gasteiger partial charge in [-0.25, -0.2) is 4.79 Å². The van der Waals surface area contributed by atoms with Crippen LogP contribution in [0.2, 0.25) is 5.02 Å². The number of carbonyl (C=O) groups excluding carboxylic acids is 3. The molecule has 7 nitrogen and oxygen atoms in total. The summed E-state index contributed by atoms with van der Waals surface area (Å²) in [7, 11) is 0. The van der Waals surface area contributed by atoms with Crippen molar-refractivity contribution in [2.75, 3.05) is 6.54 Å². The van der Waals surface area contributed by atoms with Gasteiger partial charge >= 0.3 is 6.03 Å². The standard InChI is InChI=1S/C22H20ClN3O4/c1-13(18-11-14-5-3-4-6-17(14)30-18)24-19(27)12-26-20(28)22(2,25-21(26)29)15-7-9-16(23)10-8-15/h3-11,13H,12H2,1-2H3,(H,24,27)(H,25,29). The number of furan rings is 1. The Morgan fingerprint density at radius 1 is 1.20 bits per heavy atom. The highest BCUT2D eigenvalue weighted by atomic mass is 35.5. The van der Waals surface area contributed by atoms with E-state index >= 15 is 0 Å². The van der Waals surface area contributed by atoms with Gasteiger partial charge in [-0.1, -0.05) is 41.9 Å². The van der Waals surface area contributed by atoms with Crippen molar-refractivity contribution in [2.24, 2.45) is 0 Å². The highest BCUT2D eigenvalue weighted by Crippen LogP contribution is 2.29. The molecule has 1 fully saturated rings. The Morgan fingerprint density at radius 3 is 2.60 bits per heavy atom. The molecule has 1 aliphatic heterocycles. The highest BCUT2D eigenvalue weighted by molar-refractivity contribution is 6.30. The van der Waals surface area contributed by atoms with Crippen LogP contribution in [0.5, 0.6) is 0 Å². The molecule has 0 saturated carbocycles. The first-order valence-electron chi connectivity index (χ1n) is 9.46. The van der Waals surface area contributed by atoms with Gasteiger partial charge in [0.25, 0.3) is 5.91 Å². The van der Waals surface area contributed by atoms with Crippen LogP contribution in [0.4, 0.5) is 4.79 Å². The third-order valence-electron chi connectivity index (χ3n) is 5.25. The number of halogens is 1. The minimum absolute atomic E-state index is 0.390. The first-order chi connectivity index (χ1) is 14.3. The van der Waals surface area contributed by atoms with Gasteiger partial charge in [0.15, 0.2) is 0 Å². The Balaban J connectivity index is 1.45. The number of benzene rings is 2. The van der Waals surface area contributed by atoms with Crippen LogP contribution in [0, 0.1) is 0 Å². The van der Waals surface area contributed by atoms with Crippen LogP contribution in [0.3, 0.4) is 0 Å². The zero-order valence-electron chi connectivity index (χ0n) is 16.4. The van der Waals surface area contributed by atoms with Crippen LogP contribution in [-0.2, 0) is 15.1 Å². The van der Waals surface area contributed by atoms with Crippen LogP contribution in [0.1, 0.15) is 31.2 Å². The Labute approximate surface area is 178 Å². The fourth-order valence-corrected chi connectivity index (χ4v) is 3.66. The van der Waals surface area contributed by atoms with E-state index in [4.69, 9.17) is 16.0 Å². The number of nitrogens with zero attached hydrogens (tertiary/aromatic N) is 1. The van der Waals surface area contributed by atoms with Crippen molar-refractivity contribution in [2.45, 2.75) is 25.4 Å². The molecule has 1 saturated heterocycles. The topological polar surface area (TPSA) is 91.7 Å². The average molecular weight is 426 g/mol. The molecule has 2 N–H and O–H groups in total. The van der Waals surface area contributed by atoms with Crippen LogP contribution < -0.4 is 10.6 Å². The maximum Gasteiger partial charge on any atom is 0.325 e. The van der Waals surface area contributed by atoms with Crippen molar-refractivity contribution in [3.63, 3.8) is 0 Å². The van der Waals surface area contributed by atoms with Crippen LogP contribution in [0.25, 0.3) is 11.0 Å². The van der Waals surface area contributed by atoms with Gasteiger partial charge in [-0.15, -0.1) is 0 Å². The SMILES string of the molecule is CC(NC(=O)CN1C(=O)NC(C)(c2ccc(Cl)cc2)C1=O)c1cc2ccccc2o1. The van der Waals surface area contributed by atoms with Crippen molar-refractivity contribution < 1.29 is 18.8 Å². The summed E-state index contributed by atoms with van der Waals surface area (Å²) < 4.78 is 5.76. The zero-order valence-corrected chi connectivity index (χ0v) is 17.2. The summed E-state index contributed by atoms with van der Waals surface area (Å²) in [5.74, 6) is -0.374. The molecule has 154 valence electrons. The number of nitrogens with one attached hydrogen (secondary N) is 2. The summed E-state index contributed by atoms with van der Waals surface area (Å²) in [4.78, 5) is 38.8. The second kappa shape index (κ2) is 7.50. The molecule has 1 aromatic heterocycles. The molecule has 2 aromatic carbocycles. The van der Waals surface area contributed by atoms with Crippen LogP contribution in [-0.4, -0.2) is 29.3 Å². The van der Waals surface area contributed by atoms with Crippen LogP contribution in [0.15, 0.2) is 59.0 Å². The van der Waals surface area contributed by atoms with Crippen molar-refractivity contribution in [3.8, 4) is 0 Å². The molecule has 2 atom stereocenters. The third kappa shape index (κ3) is 3.52. The normalized spacial score (nSPS) is 19.8. The van der Waals surface area contributed by atoms with E-state index < -0.39 is 36.0 Å². The largest absolute Gasteiger partial charge is 0.459 e. The van der Waals surface area contributed by atoms with E-state index in [-0.39, 0.29) is 0 Å². The first kappa shape index (κ1) is 20.0. The molecular formula is C22H20ClN3O4. The Kier molecular flexibility index (Phi) is 4.99. The monoisotopic (exact) mass is 425 g/mol. The molecule has 4 rings (SSSR count). The predicted molar refractivity (Wildman–Crippen MR) is 112 cm³/mol. The van der Waals surface area contributed by atoms with E-state index in [1.807, 2.05) is 30.3 Å². The Morgan fingerprint density at radius 2 is 1.90 bits per heavy atom. The lowest BCUT2D eigenvalue weighted by molar-refractivity contribution is -0.135. The maximum atomic E-state index is 12.9. The summed E-state index contributed by atoms with van der Waals surface area (Å²) in [5.41, 5.74) is 0.0528. The summed E-state index contributed by atoms with van der Waals surface area (Å²) in [5, 5.41) is 6.90. The molecular weight excluding hydrogens is 406 g/mol. The number of hydrogen-bond donors (Lipinski definition) is 2. The second-order valence-electron chi connectivity index (χ2n) is 7.43. The van der Waals surface area contributed by atoms with Crippen molar-refractivity contribution >= 4 is 40.4 Å². The quantitative estimate of drug-likeness (QED) is 0.609. The van der Waals surface area contributed by atoms with E-state index in [9.17, 15) is 14.4 Å². The third-order valence-corrected chi connectivity index (χ3v) is 5.50. The number of imide groups is 1. The number of para-hydroxylation sites is 1. The molecule has 30 heavy (non-hydrogen) atoms. The van der Waals surface area contributed by atoms with Crippen molar-refractivity contribution in [1.29, 1.82) is 0 Å². The number of carbonyl (C=O) groups is 3. The highest BCUT2D eigenvalue weighted by Gasteiger charge is 2.49. The minimum atomic E-state index is -1.26. The minimum Gasteiger partial charge on any atom is -0.459 e. The summed E-state index contributed by atoms with van der Waals surface area (Å²) >= 11 is 5.91. The fraction of sp³-hybridized carbons (Fsp3) is 0.227. The summed E-state index contributed by atoms with van der Waals surface area (Å²) in [6.45, 7) is 2.99. The molecule has 2 heterocycles.